The van der Waals surface area contributed by atoms with Crippen molar-refractivity contribution in [2.45, 2.75) is 39.2 Å². The van der Waals surface area contributed by atoms with E-state index in [9.17, 15) is 9.59 Å². The number of hydrogen-bond donors (Lipinski definition) is 1. The summed E-state index contributed by atoms with van der Waals surface area (Å²) in [7, 11) is 0. The number of carbonyl (C=O) groups is 2. The van der Waals surface area contributed by atoms with Crippen LogP contribution in [0.25, 0.3) is 0 Å². The van der Waals surface area contributed by atoms with Crippen LogP contribution in [0.3, 0.4) is 0 Å². The monoisotopic (exact) mass is 312 g/mol. The van der Waals surface area contributed by atoms with Gasteiger partial charge in [0.15, 0.2) is 10.9 Å². The number of amides is 1. The summed E-state index contributed by atoms with van der Waals surface area (Å²) in [4.78, 5) is 28.6. The van der Waals surface area contributed by atoms with E-state index < -0.39 is 11.7 Å². The Morgan fingerprint density at radius 2 is 2.05 bits per heavy atom. The Bertz CT molecular complexity index is 515. The molecule has 0 spiro atoms. The maximum absolute atomic E-state index is 12.3. The van der Waals surface area contributed by atoms with Gasteiger partial charge in [0.25, 0.3) is 0 Å². The van der Waals surface area contributed by atoms with Crippen LogP contribution in [0, 0.1) is 5.92 Å². The van der Waals surface area contributed by atoms with Crippen LogP contribution in [-0.2, 0) is 9.47 Å². The van der Waals surface area contributed by atoms with Crippen LogP contribution in [-0.4, -0.2) is 35.7 Å². The third kappa shape index (κ3) is 4.78. The molecule has 0 atom stereocenters. The fourth-order valence-electron chi connectivity index (χ4n) is 2.00. The SMILES string of the molecule is CC(C)(C)OC(=O)Nc1ncc(C(=O)C2CCOCC2)s1. The first-order valence-electron chi connectivity index (χ1n) is 6.93. The number of nitrogens with zero attached hydrogens (tertiary/aromatic N) is 1. The lowest BCUT2D eigenvalue weighted by molar-refractivity contribution is 0.0547. The molecule has 7 heteroatoms. The zero-order valence-electron chi connectivity index (χ0n) is 12.5. The van der Waals surface area contributed by atoms with Crippen LogP contribution in [0.5, 0.6) is 0 Å². The molecule has 0 saturated carbocycles. The number of thiazole rings is 1. The third-order valence-electron chi connectivity index (χ3n) is 2.95. The lowest BCUT2D eigenvalue weighted by Crippen LogP contribution is -2.27. The molecule has 1 N–H and O–H groups in total. The summed E-state index contributed by atoms with van der Waals surface area (Å²) in [5.41, 5.74) is -0.567. The third-order valence-corrected chi connectivity index (χ3v) is 3.88. The first kappa shape index (κ1) is 15.9. The van der Waals surface area contributed by atoms with E-state index in [1.165, 1.54) is 17.5 Å². The summed E-state index contributed by atoms with van der Waals surface area (Å²) in [5, 5.41) is 2.92. The summed E-state index contributed by atoms with van der Waals surface area (Å²) in [6, 6.07) is 0. The number of ketones is 1. The van der Waals surface area contributed by atoms with Gasteiger partial charge in [-0.3, -0.25) is 10.1 Å². The average molecular weight is 312 g/mol. The van der Waals surface area contributed by atoms with Gasteiger partial charge < -0.3 is 9.47 Å². The minimum absolute atomic E-state index is 0.00595. The largest absolute Gasteiger partial charge is 0.444 e. The van der Waals surface area contributed by atoms with Gasteiger partial charge in [-0.05, 0) is 33.6 Å². The van der Waals surface area contributed by atoms with Gasteiger partial charge in [-0.2, -0.15) is 0 Å². The molecule has 0 aliphatic carbocycles. The summed E-state index contributed by atoms with van der Waals surface area (Å²) < 4.78 is 10.4. The average Bonchev–Trinajstić information content (AvgIpc) is 2.85. The molecule has 0 radical (unpaired) electrons. The van der Waals surface area contributed by atoms with Gasteiger partial charge in [-0.25, -0.2) is 9.78 Å². The summed E-state index contributed by atoms with van der Waals surface area (Å²) >= 11 is 1.18. The summed E-state index contributed by atoms with van der Waals surface area (Å²) in [5.74, 6) is 0.0709. The molecule has 1 aromatic rings. The van der Waals surface area contributed by atoms with Crippen LogP contribution < -0.4 is 5.32 Å². The van der Waals surface area contributed by atoms with Crippen molar-refractivity contribution in [1.29, 1.82) is 0 Å². The molecule has 2 rings (SSSR count). The van der Waals surface area contributed by atoms with E-state index in [2.05, 4.69) is 10.3 Å². The van der Waals surface area contributed by atoms with Crippen molar-refractivity contribution in [3.05, 3.63) is 11.1 Å². The highest BCUT2D eigenvalue weighted by atomic mass is 32.1. The minimum Gasteiger partial charge on any atom is -0.444 e. The van der Waals surface area contributed by atoms with Crippen LogP contribution in [0.2, 0.25) is 0 Å². The van der Waals surface area contributed by atoms with E-state index in [1.807, 2.05) is 0 Å². The second-order valence-electron chi connectivity index (χ2n) is 5.91. The lowest BCUT2D eigenvalue weighted by atomic mass is 9.95. The first-order chi connectivity index (χ1) is 9.85. The van der Waals surface area contributed by atoms with Crippen molar-refractivity contribution < 1.29 is 19.1 Å². The number of aromatic nitrogens is 1. The van der Waals surface area contributed by atoms with Crippen molar-refractivity contribution in [1.82, 2.24) is 4.98 Å². The van der Waals surface area contributed by atoms with Gasteiger partial charge in [0, 0.05) is 19.1 Å². The van der Waals surface area contributed by atoms with E-state index in [-0.39, 0.29) is 11.7 Å². The van der Waals surface area contributed by atoms with Crippen LogP contribution in [0.1, 0.15) is 43.3 Å². The topological polar surface area (TPSA) is 77.5 Å². The van der Waals surface area contributed by atoms with Gasteiger partial charge in [0.1, 0.15) is 5.60 Å². The highest BCUT2D eigenvalue weighted by Gasteiger charge is 2.25. The lowest BCUT2D eigenvalue weighted by Gasteiger charge is -2.19. The number of nitrogens with one attached hydrogen (secondary N) is 1. The van der Waals surface area contributed by atoms with Crippen LogP contribution in [0.4, 0.5) is 9.93 Å². The molecule has 0 bridgehead atoms. The molecule has 2 heterocycles. The molecule has 6 nitrogen and oxygen atoms in total. The number of hydrogen-bond acceptors (Lipinski definition) is 6. The second kappa shape index (κ2) is 6.53. The Morgan fingerprint density at radius 1 is 1.38 bits per heavy atom. The Kier molecular flexibility index (Phi) is 4.95. The van der Waals surface area contributed by atoms with Gasteiger partial charge in [0.2, 0.25) is 0 Å². The number of anilines is 1. The first-order valence-corrected chi connectivity index (χ1v) is 7.74. The number of carbonyl (C=O) groups excluding carboxylic acids is 2. The van der Waals surface area contributed by atoms with Crippen LogP contribution in [0.15, 0.2) is 6.20 Å². The van der Waals surface area contributed by atoms with Gasteiger partial charge in [-0.15, -0.1) is 0 Å². The van der Waals surface area contributed by atoms with Crippen molar-refractivity contribution >= 4 is 28.3 Å². The van der Waals surface area contributed by atoms with E-state index in [1.54, 1.807) is 20.8 Å². The van der Waals surface area contributed by atoms with E-state index >= 15 is 0 Å². The predicted octanol–water partition coefficient (Wildman–Crippen LogP) is 3.10. The highest BCUT2D eigenvalue weighted by Crippen LogP contribution is 2.26. The number of ether oxygens (including phenoxy) is 2. The fraction of sp³-hybridized carbons (Fsp3) is 0.643. The quantitative estimate of drug-likeness (QED) is 0.868. The fourth-order valence-corrected chi connectivity index (χ4v) is 2.82. The van der Waals surface area contributed by atoms with Crippen molar-refractivity contribution in [3.8, 4) is 0 Å². The van der Waals surface area contributed by atoms with Gasteiger partial charge >= 0.3 is 6.09 Å². The molecule has 21 heavy (non-hydrogen) atoms. The zero-order chi connectivity index (χ0) is 15.5. The molecule has 0 aromatic carbocycles. The smallest absolute Gasteiger partial charge is 0.413 e. The van der Waals surface area contributed by atoms with Crippen molar-refractivity contribution in [2.75, 3.05) is 18.5 Å². The molecule has 116 valence electrons. The van der Waals surface area contributed by atoms with Gasteiger partial charge in [-0.1, -0.05) is 11.3 Å². The normalized spacial score (nSPS) is 16.5. The molecule has 1 amide bonds. The van der Waals surface area contributed by atoms with Gasteiger partial charge in [0.05, 0.1) is 11.1 Å². The van der Waals surface area contributed by atoms with E-state index in [0.29, 0.717) is 23.2 Å². The predicted molar refractivity (Wildman–Crippen MR) is 79.8 cm³/mol. The molecule has 1 fully saturated rings. The maximum atomic E-state index is 12.3. The zero-order valence-corrected chi connectivity index (χ0v) is 13.3. The Hall–Kier alpha value is -1.47. The van der Waals surface area contributed by atoms with E-state index in [0.717, 1.165) is 12.8 Å². The minimum atomic E-state index is -0.568. The Balaban J connectivity index is 1.94. The molecule has 1 aliphatic heterocycles. The molecule has 1 aromatic heterocycles. The molecule has 1 saturated heterocycles. The summed E-state index contributed by atoms with van der Waals surface area (Å²) in [6.07, 6.45) is 2.42. The molecular weight excluding hydrogens is 292 g/mol. The van der Waals surface area contributed by atoms with Crippen molar-refractivity contribution in [2.24, 2.45) is 5.92 Å². The van der Waals surface area contributed by atoms with Crippen molar-refractivity contribution in [3.63, 3.8) is 0 Å². The summed E-state index contributed by atoms with van der Waals surface area (Å²) in [6.45, 7) is 6.61. The number of rotatable bonds is 3. The Labute approximate surface area is 127 Å². The molecular formula is C14H20N2O4S. The second-order valence-corrected chi connectivity index (χ2v) is 6.94. The molecule has 1 aliphatic rings. The number of Topliss-reactive ketones (excluding diaryl/α,β-unsaturated/α-hetero) is 1. The standard InChI is InChI=1S/C14H20N2O4S/c1-14(2,3)20-13(18)16-12-15-8-10(21-12)11(17)9-4-6-19-7-5-9/h8-9H,4-7H2,1-3H3,(H,15,16,18). The molecule has 0 unspecified atom stereocenters. The van der Waals surface area contributed by atoms with Crippen LogP contribution >= 0.6 is 11.3 Å². The van der Waals surface area contributed by atoms with E-state index in [4.69, 9.17) is 9.47 Å². The highest BCUT2D eigenvalue weighted by molar-refractivity contribution is 7.17. The maximum Gasteiger partial charge on any atom is 0.413 e. The Morgan fingerprint density at radius 3 is 2.67 bits per heavy atom.